The van der Waals surface area contributed by atoms with Gasteiger partial charge in [0.25, 0.3) is 0 Å². The van der Waals surface area contributed by atoms with Crippen molar-refractivity contribution in [3.05, 3.63) is 34.1 Å². The lowest BCUT2D eigenvalue weighted by Crippen LogP contribution is -2.44. The fourth-order valence-corrected chi connectivity index (χ4v) is 3.25. The largest absolute Gasteiger partial charge is 0.481 e. The molecule has 1 N–H and O–H groups in total. The molecule has 0 saturated carbocycles. The summed E-state index contributed by atoms with van der Waals surface area (Å²) in [5, 5.41) is 9.28. The average Bonchev–Trinajstić information content (AvgIpc) is 2.88. The number of aliphatic carboxylic acids is 1. The maximum atomic E-state index is 14.1. The highest BCUT2D eigenvalue weighted by Gasteiger charge is 2.39. The van der Waals surface area contributed by atoms with Gasteiger partial charge in [-0.2, -0.15) is 0 Å². The molecule has 3 atom stereocenters. The van der Waals surface area contributed by atoms with Crippen molar-refractivity contribution in [2.24, 2.45) is 5.92 Å². The first-order chi connectivity index (χ1) is 9.95. The number of hydrogen-bond acceptors (Lipinski definition) is 3. The third-order valence-electron chi connectivity index (χ3n) is 4.07. The van der Waals surface area contributed by atoms with Crippen molar-refractivity contribution in [2.75, 3.05) is 19.8 Å². The molecule has 4 nitrogen and oxygen atoms in total. The minimum Gasteiger partial charge on any atom is -0.481 e. The number of halogens is 2. The maximum Gasteiger partial charge on any atom is 0.310 e. The minimum absolute atomic E-state index is 0.211. The first-order valence-electron chi connectivity index (χ1n) is 6.97. The maximum absolute atomic E-state index is 14.1. The zero-order chi connectivity index (χ0) is 15.6. The van der Waals surface area contributed by atoms with Crippen molar-refractivity contribution >= 4 is 21.9 Å². The van der Waals surface area contributed by atoms with Gasteiger partial charge in [0.2, 0.25) is 0 Å². The van der Waals surface area contributed by atoms with Crippen LogP contribution in [0.1, 0.15) is 25.5 Å². The van der Waals surface area contributed by atoms with Crippen LogP contribution in [0, 0.1) is 11.7 Å². The molecule has 0 radical (unpaired) electrons. The summed E-state index contributed by atoms with van der Waals surface area (Å²) in [6, 6.07) is 4.52. The first kappa shape index (κ1) is 16.4. The van der Waals surface area contributed by atoms with Gasteiger partial charge in [0.1, 0.15) is 5.82 Å². The van der Waals surface area contributed by atoms with Crippen molar-refractivity contribution in [1.82, 2.24) is 4.90 Å². The molecule has 21 heavy (non-hydrogen) atoms. The summed E-state index contributed by atoms with van der Waals surface area (Å²) >= 11 is 3.24. The van der Waals surface area contributed by atoms with Crippen molar-refractivity contribution in [2.45, 2.75) is 25.9 Å². The molecule has 1 aliphatic heterocycles. The quantitative estimate of drug-likeness (QED) is 0.877. The van der Waals surface area contributed by atoms with E-state index in [0.29, 0.717) is 23.2 Å². The van der Waals surface area contributed by atoms with Crippen molar-refractivity contribution in [3.63, 3.8) is 0 Å². The summed E-state index contributed by atoms with van der Waals surface area (Å²) in [5.74, 6) is -1.72. The average molecular weight is 360 g/mol. The monoisotopic (exact) mass is 359 g/mol. The van der Waals surface area contributed by atoms with Crippen LogP contribution in [0.4, 0.5) is 4.39 Å². The Morgan fingerprint density at radius 2 is 2.29 bits per heavy atom. The highest BCUT2D eigenvalue weighted by Crippen LogP contribution is 2.31. The van der Waals surface area contributed by atoms with Gasteiger partial charge in [0.15, 0.2) is 0 Å². The Hall–Kier alpha value is -0.980. The summed E-state index contributed by atoms with van der Waals surface area (Å²) in [6.45, 7) is 5.06. The molecule has 0 aliphatic carbocycles. The second-order valence-corrected chi connectivity index (χ2v) is 6.14. The number of nitrogens with zero attached hydrogens (tertiary/aromatic N) is 1. The number of carbonyl (C=O) groups is 1. The SMILES string of the molecule is CCN(C(C)c1ccc(Br)cc1F)C1COCC1C(=O)O. The molecule has 0 spiro atoms. The standard InChI is InChI=1S/C15H19BrFNO3/c1-3-18(14-8-21-7-12(14)15(19)20)9(2)11-5-4-10(16)6-13(11)17/h4-6,9,12,14H,3,7-8H2,1-2H3,(H,19,20). The second-order valence-electron chi connectivity index (χ2n) is 5.22. The van der Waals surface area contributed by atoms with E-state index < -0.39 is 11.9 Å². The van der Waals surface area contributed by atoms with E-state index in [0.717, 1.165) is 0 Å². The predicted octanol–water partition coefficient (Wildman–Crippen LogP) is 3.07. The van der Waals surface area contributed by atoms with Crippen LogP contribution >= 0.6 is 15.9 Å². The molecule has 1 aliphatic rings. The molecule has 1 aromatic carbocycles. The van der Waals surface area contributed by atoms with E-state index in [1.807, 2.05) is 18.7 Å². The Kier molecular flexibility index (Phi) is 5.35. The number of rotatable bonds is 5. The van der Waals surface area contributed by atoms with Crippen LogP contribution in [0.2, 0.25) is 0 Å². The lowest BCUT2D eigenvalue weighted by molar-refractivity contribution is -0.143. The molecular weight excluding hydrogens is 341 g/mol. The summed E-state index contributed by atoms with van der Waals surface area (Å²) in [4.78, 5) is 13.3. The smallest absolute Gasteiger partial charge is 0.310 e. The van der Waals surface area contributed by atoms with Gasteiger partial charge in [-0.25, -0.2) is 4.39 Å². The molecular formula is C15H19BrFNO3. The minimum atomic E-state index is -0.862. The zero-order valence-corrected chi connectivity index (χ0v) is 13.6. The van der Waals surface area contributed by atoms with Crippen LogP contribution < -0.4 is 0 Å². The van der Waals surface area contributed by atoms with E-state index in [2.05, 4.69) is 15.9 Å². The van der Waals surface area contributed by atoms with E-state index in [-0.39, 0.29) is 24.5 Å². The zero-order valence-electron chi connectivity index (χ0n) is 12.1. The van der Waals surface area contributed by atoms with E-state index in [9.17, 15) is 14.3 Å². The molecule has 1 fully saturated rings. The van der Waals surface area contributed by atoms with Gasteiger partial charge in [-0.1, -0.05) is 28.9 Å². The fraction of sp³-hybridized carbons (Fsp3) is 0.533. The summed E-state index contributed by atoms with van der Waals surface area (Å²) < 4.78 is 20.1. The summed E-state index contributed by atoms with van der Waals surface area (Å²) in [5.41, 5.74) is 0.566. The Morgan fingerprint density at radius 1 is 1.57 bits per heavy atom. The van der Waals surface area contributed by atoms with Crippen molar-refractivity contribution in [1.29, 1.82) is 0 Å². The van der Waals surface area contributed by atoms with Crippen LogP contribution in [0.25, 0.3) is 0 Å². The molecule has 3 unspecified atom stereocenters. The molecule has 1 saturated heterocycles. The molecule has 116 valence electrons. The molecule has 0 aromatic heterocycles. The van der Waals surface area contributed by atoms with E-state index >= 15 is 0 Å². The number of ether oxygens (including phenoxy) is 1. The van der Waals surface area contributed by atoms with Crippen LogP contribution in [0.15, 0.2) is 22.7 Å². The van der Waals surface area contributed by atoms with Gasteiger partial charge < -0.3 is 9.84 Å². The van der Waals surface area contributed by atoms with Crippen molar-refractivity contribution in [3.8, 4) is 0 Å². The first-order valence-corrected chi connectivity index (χ1v) is 7.76. The Bertz CT molecular complexity index is 526. The fourth-order valence-electron chi connectivity index (χ4n) is 2.92. The lowest BCUT2D eigenvalue weighted by atomic mass is 9.98. The van der Waals surface area contributed by atoms with E-state index in [1.165, 1.54) is 6.07 Å². The highest BCUT2D eigenvalue weighted by atomic mass is 79.9. The third kappa shape index (κ3) is 3.44. The molecule has 6 heteroatoms. The highest BCUT2D eigenvalue weighted by molar-refractivity contribution is 9.10. The number of benzene rings is 1. The van der Waals surface area contributed by atoms with Crippen LogP contribution in [-0.4, -0.2) is 41.8 Å². The van der Waals surface area contributed by atoms with E-state index in [1.54, 1.807) is 12.1 Å². The van der Waals surface area contributed by atoms with Crippen LogP contribution in [-0.2, 0) is 9.53 Å². The predicted molar refractivity (Wildman–Crippen MR) is 80.6 cm³/mol. The number of carboxylic acids is 1. The molecule has 1 heterocycles. The van der Waals surface area contributed by atoms with Gasteiger partial charge in [-0.3, -0.25) is 9.69 Å². The Balaban J connectivity index is 2.26. The number of carboxylic acid groups (broad SMARTS) is 1. The van der Waals surface area contributed by atoms with Gasteiger partial charge in [0.05, 0.1) is 19.1 Å². The normalized spacial score (nSPS) is 23.5. The Labute approximate surface area is 132 Å². The van der Waals surface area contributed by atoms with Crippen LogP contribution in [0.5, 0.6) is 0 Å². The third-order valence-corrected chi connectivity index (χ3v) is 4.56. The second kappa shape index (κ2) is 6.85. The van der Waals surface area contributed by atoms with Gasteiger partial charge >= 0.3 is 5.97 Å². The lowest BCUT2D eigenvalue weighted by Gasteiger charge is -2.35. The topological polar surface area (TPSA) is 49.8 Å². The molecule has 2 rings (SSSR count). The number of likely N-dealkylation sites (N-methyl/N-ethyl adjacent to an activating group) is 1. The number of hydrogen-bond donors (Lipinski definition) is 1. The summed E-state index contributed by atoms with van der Waals surface area (Å²) in [6.07, 6.45) is 0. The van der Waals surface area contributed by atoms with Gasteiger partial charge in [-0.05, 0) is 25.6 Å². The van der Waals surface area contributed by atoms with Crippen LogP contribution in [0.3, 0.4) is 0 Å². The van der Waals surface area contributed by atoms with Crippen molar-refractivity contribution < 1.29 is 19.0 Å². The molecule has 0 bridgehead atoms. The van der Waals surface area contributed by atoms with Gasteiger partial charge in [0, 0.05) is 22.1 Å². The molecule has 0 amide bonds. The van der Waals surface area contributed by atoms with Gasteiger partial charge in [-0.15, -0.1) is 0 Å². The van der Waals surface area contributed by atoms with E-state index in [4.69, 9.17) is 4.74 Å². The molecule has 1 aromatic rings. The Morgan fingerprint density at radius 3 is 2.86 bits per heavy atom. The summed E-state index contributed by atoms with van der Waals surface area (Å²) in [7, 11) is 0.